The number of pyridine rings is 1. The molecule has 246 valence electrons. The summed E-state index contributed by atoms with van der Waals surface area (Å²) in [6, 6.07) is 7.00. The van der Waals surface area contributed by atoms with Gasteiger partial charge < -0.3 is 20.3 Å². The van der Waals surface area contributed by atoms with Crippen LogP contribution in [0.3, 0.4) is 0 Å². The number of anilines is 1. The van der Waals surface area contributed by atoms with Crippen LogP contribution in [-0.4, -0.2) is 50.3 Å². The Balaban J connectivity index is 0.000000250. The Morgan fingerprint density at radius 1 is 1.04 bits per heavy atom. The van der Waals surface area contributed by atoms with Crippen molar-refractivity contribution in [3.63, 3.8) is 0 Å². The first-order chi connectivity index (χ1) is 21.6. The Morgan fingerprint density at radius 2 is 1.70 bits per heavy atom. The van der Waals surface area contributed by atoms with E-state index < -0.39 is 53.5 Å². The molecule has 0 bridgehead atoms. The smallest absolute Gasteiger partial charge is 0.408 e. The van der Waals surface area contributed by atoms with Gasteiger partial charge in [0.05, 0.1) is 11.2 Å². The van der Waals surface area contributed by atoms with E-state index in [1.165, 1.54) is 6.92 Å². The van der Waals surface area contributed by atoms with E-state index in [1.54, 1.807) is 16.1 Å². The minimum atomic E-state index is -4.61. The van der Waals surface area contributed by atoms with Gasteiger partial charge in [-0.3, -0.25) is 19.4 Å². The van der Waals surface area contributed by atoms with E-state index in [2.05, 4.69) is 25.8 Å². The van der Waals surface area contributed by atoms with Gasteiger partial charge in [0.25, 0.3) is 11.5 Å². The molecule has 0 spiro atoms. The molecule has 1 unspecified atom stereocenters. The van der Waals surface area contributed by atoms with Crippen molar-refractivity contribution < 1.29 is 36.6 Å². The number of aliphatic carboxylic acids is 1. The maximum Gasteiger partial charge on any atom is 0.408 e. The highest BCUT2D eigenvalue weighted by Gasteiger charge is 2.38. The molecule has 2 aromatic carbocycles. The number of halogens is 5. The number of nitrogens with zero attached hydrogens (tertiary/aromatic N) is 3. The lowest BCUT2D eigenvalue weighted by molar-refractivity contribution is -0.143. The van der Waals surface area contributed by atoms with Crippen molar-refractivity contribution in [2.24, 2.45) is 7.05 Å². The average molecular weight is 648 g/mol. The molecule has 3 N–H and O–H groups in total. The van der Waals surface area contributed by atoms with Gasteiger partial charge in [-0.15, -0.1) is 0 Å². The molecule has 4 aromatic rings. The summed E-state index contributed by atoms with van der Waals surface area (Å²) in [5.41, 5.74) is 3.65. The quantitative estimate of drug-likeness (QED) is 0.192. The predicted octanol–water partition coefficient (Wildman–Crippen LogP) is 5.96. The molecule has 0 aliphatic carbocycles. The number of carbonyl (C=O) groups excluding carboxylic acids is 1. The number of rotatable bonds is 9. The van der Waals surface area contributed by atoms with Crippen molar-refractivity contribution in [1.29, 1.82) is 0 Å². The fraction of sp³-hybridized carbons (Fsp3) is 0.344. The Morgan fingerprint density at radius 3 is 2.24 bits per heavy atom. The van der Waals surface area contributed by atoms with Crippen LogP contribution < -0.4 is 16.2 Å². The standard InChI is InChI=1S/C19H21N3O.C13H13F5N2O3/c1-5-15-16(6-2)22(4)19(23)18(21-15)14-10-9-12(3)13-8-7-11-20-17(13)14;1-2-9(13(16,17)18)20-6-3-7(14)11(8(15)4-6)12(23)19-5-10(21)22/h7-11H,5-6H2,1-4H3;3-4,9,20H,2,5H2,1H3,(H,19,23)(H,21,22). The van der Waals surface area contributed by atoms with Crippen LogP contribution in [0, 0.1) is 18.6 Å². The highest BCUT2D eigenvalue weighted by atomic mass is 19.4. The number of carboxylic acids is 1. The number of benzene rings is 2. The van der Waals surface area contributed by atoms with Crippen molar-refractivity contribution in [2.75, 3.05) is 11.9 Å². The first kappa shape index (κ1) is 35.6. The number of aryl methyl sites for hydroxylation is 2. The Bertz CT molecular complexity index is 1780. The van der Waals surface area contributed by atoms with Crippen LogP contribution in [0.2, 0.25) is 0 Å². The molecule has 0 fully saturated rings. The van der Waals surface area contributed by atoms with Gasteiger partial charge in [0.15, 0.2) is 0 Å². The van der Waals surface area contributed by atoms with Crippen LogP contribution in [0.15, 0.2) is 47.4 Å². The summed E-state index contributed by atoms with van der Waals surface area (Å²) in [5, 5.41) is 13.1. The van der Waals surface area contributed by atoms with Crippen molar-refractivity contribution in [2.45, 2.75) is 59.2 Å². The third-order valence-electron chi connectivity index (χ3n) is 7.22. The SMILES string of the molecule is CCC(Nc1cc(F)c(C(=O)NCC(=O)O)c(F)c1)C(F)(F)F.CCc1nc(-c2ccc(C)c3cccnc23)c(=O)n(C)c1CC. The number of alkyl halides is 3. The zero-order valence-electron chi connectivity index (χ0n) is 25.9. The van der Waals surface area contributed by atoms with Crippen LogP contribution in [0.5, 0.6) is 0 Å². The summed E-state index contributed by atoms with van der Waals surface area (Å²) < 4.78 is 67.1. The minimum absolute atomic E-state index is 0.0603. The highest BCUT2D eigenvalue weighted by molar-refractivity contribution is 5.96. The number of nitrogens with one attached hydrogen (secondary N) is 2. The fourth-order valence-corrected chi connectivity index (χ4v) is 4.86. The van der Waals surface area contributed by atoms with Crippen molar-refractivity contribution in [3.05, 3.63) is 87.1 Å². The first-order valence-electron chi connectivity index (χ1n) is 14.4. The van der Waals surface area contributed by atoms with Crippen LogP contribution in [0.4, 0.5) is 27.6 Å². The molecule has 0 saturated heterocycles. The summed E-state index contributed by atoms with van der Waals surface area (Å²) in [6.07, 6.45) is -1.61. The van der Waals surface area contributed by atoms with Gasteiger partial charge in [0.2, 0.25) is 0 Å². The maximum atomic E-state index is 13.8. The molecule has 2 aromatic heterocycles. The Hall–Kier alpha value is -4.88. The van der Waals surface area contributed by atoms with Gasteiger partial charge in [0, 0.05) is 35.6 Å². The molecule has 0 saturated carbocycles. The molecule has 1 atom stereocenters. The Kier molecular flexibility index (Phi) is 11.6. The average Bonchev–Trinajstić information content (AvgIpc) is 3.00. The largest absolute Gasteiger partial charge is 0.480 e. The van der Waals surface area contributed by atoms with E-state index >= 15 is 0 Å². The number of amides is 1. The predicted molar refractivity (Wildman–Crippen MR) is 164 cm³/mol. The lowest BCUT2D eigenvalue weighted by Crippen LogP contribution is -2.35. The minimum Gasteiger partial charge on any atom is -0.480 e. The number of hydrogen-bond acceptors (Lipinski definition) is 6. The lowest BCUT2D eigenvalue weighted by Gasteiger charge is -2.21. The molecule has 0 aliphatic rings. The molecule has 46 heavy (non-hydrogen) atoms. The summed E-state index contributed by atoms with van der Waals surface area (Å²) in [6.45, 7) is 6.56. The van der Waals surface area contributed by atoms with E-state index in [-0.39, 0.29) is 12.0 Å². The van der Waals surface area contributed by atoms with Gasteiger partial charge in [-0.2, -0.15) is 13.2 Å². The second-order valence-corrected chi connectivity index (χ2v) is 10.3. The van der Waals surface area contributed by atoms with Crippen molar-refractivity contribution in [3.8, 4) is 11.3 Å². The Labute approximate surface area is 261 Å². The molecular weight excluding hydrogens is 613 g/mol. The van der Waals surface area contributed by atoms with Gasteiger partial charge in [-0.25, -0.2) is 13.8 Å². The molecule has 4 rings (SSSR count). The summed E-state index contributed by atoms with van der Waals surface area (Å²) in [4.78, 5) is 43.8. The van der Waals surface area contributed by atoms with Gasteiger partial charge in [-0.1, -0.05) is 39.0 Å². The van der Waals surface area contributed by atoms with Crippen LogP contribution in [0.25, 0.3) is 22.2 Å². The third-order valence-corrected chi connectivity index (χ3v) is 7.22. The molecule has 0 radical (unpaired) electrons. The molecular formula is C32H34F5N5O4. The first-order valence-corrected chi connectivity index (χ1v) is 14.4. The fourth-order valence-electron chi connectivity index (χ4n) is 4.86. The van der Waals surface area contributed by atoms with E-state index in [1.807, 2.05) is 36.6 Å². The number of hydrogen-bond donors (Lipinski definition) is 3. The molecule has 2 heterocycles. The van der Waals surface area contributed by atoms with Crippen molar-refractivity contribution in [1.82, 2.24) is 19.9 Å². The van der Waals surface area contributed by atoms with Gasteiger partial charge in [-0.05, 0) is 49.9 Å². The molecule has 1 amide bonds. The topological polar surface area (TPSA) is 126 Å². The third kappa shape index (κ3) is 8.03. The van der Waals surface area contributed by atoms with Crippen LogP contribution in [-0.2, 0) is 24.7 Å². The molecule has 9 nitrogen and oxygen atoms in total. The number of fused-ring (bicyclic) bond motifs is 1. The van der Waals surface area contributed by atoms with E-state index in [0.717, 1.165) is 46.3 Å². The van der Waals surface area contributed by atoms with Crippen LogP contribution >= 0.6 is 0 Å². The van der Waals surface area contributed by atoms with Gasteiger partial charge >= 0.3 is 12.1 Å². The van der Waals surface area contributed by atoms with E-state index in [0.29, 0.717) is 17.8 Å². The zero-order valence-corrected chi connectivity index (χ0v) is 25.9. The van der Waals surface area contributed by atoms with E-state index in [4.69, 9.17) is 10.1 Å². The summed E-state index contributed by atoms with van der Waals surface area (Å²) >= 11 is 0. The van der Waals surface area contributed by atoms with Crippen molar-refractivity contribution >= 4 is 28.5 Å². The summed E-state index contributed by atoms with van der Waals surface area (Å²) in [7, 11) is 1.83. The lowest BCUT2D eigenvalue weighted by atomic mass is 10.0. The summed E-state index contributed by atoms with van der Waals surface area (Å²) in [5.74, 6) is -5.56. The van der Waals surface area contributed by atoms with E-state index in [9.17, 15) is 36.3 Å². The number of carboxylic acid groups (broad SMARTS) is 1. The second-order valence-electron chi connectivity index (χ2n) is 10.3. The van der Waals surface area contributed by atoms with Gasteiger partial charge in [0.1, 0.15) is 35.5 Å². The van der Waals surface area contributed by atoms with Crippen LogP contribution in [0.1, 0.15) is 54.5 Å². The monoisotopic (exact) mass is 647 g/mol. The molecule has 14 heteroatoms. The second kappa shape index (κ2) is 14.9. The molecule has 0 aliphatic heterocycles. The maximum absolute atomic E-state index is 13.8. The normalized spacial score (nSPS) is 11.9. The zero-order chi connectivity index (χ0) is 34.3. The number of carbonyl (C=O) groups is 2. The highest BCUT2D eigenvalue weighted by Crippen LogP contribution is 2.28. The number of aromatic nitrogens is 3.